The minimum Gasteiger partial charge on any atom is -0.494 e. The zero-order chi connectivity index (χ0) is 32.7. The number of ether oxygens (including phenoxy) is 3. The molecular weight excluding hydrogens is 637 g/mol. The molecule has 0 bridgehead atoms. The highest BCUT2D eigenvalue weighted by Crippen LogP contribution is 2.43. The number of carbonyl (C=O) groups excluding carboxylic acids is 1. The second kappa shape index (κ2) is 12.5. The van der Waals surface area contributed by atoms with Crippen molar-refractivity contribution in [1.82, 2.24) is 14.9 Å². The first-order valence-corrected chi connectivity index (χ1v) is 16.5. The number of carbonyl (C=O) groups is 1. The zero-order valence-electron chi connectivity index (χ0n) is 25.7. The van der Waals surface area contributed by atoms with Gasteiger partial charge in [-0.15, -0.1) is 0 Å². The lowest BCUT2D eigenvalue weighted by Gasteiger charge is -2.29. The number of fused-ring (bicyclic) bond motifs is 2. The monoisotopic (exact) mass is 669 g/mol. The molecule has 2 aliphatic heterocycles. The third-order valence-electron chi connectivity index (χ3n) is 8.24. The molecule has 1 aromatic heterocycles. The molecule has 242 valence electrons. The molecule has 1 atom stereocenters. The van der Waals surface area contributed by atoms with E-state index in [4.69, 9.17) is 30.8 Å². The molecule has 2 aliphatic rings. The van der Waals surface area contributed by atoms with E-state index in [2.05, 4.69) is 27.0 Å². The Morgan fingerprint density at radius 1 is 1.17 bits per heavy atom. The minimum absolute atomic E-state index is 0.0343. The van der Waals surface area contributed by atoms with Gasteiger partial charge in [-0.2, -0.15) is 0 Å². The number of nitrogens with zero attached hydrogens (tertiary/aromatic N) is 3. The summed E-state index contributed by atoms with van der Waals surface area (Å²) >= 11 is 6.27. The van der Waals surface area contributed by atoms with Gasteiger partial charge in [0.05, 0.1) is 12.8 Å². The van der Waals surface area contributed by atoms with Crippen molar-refractivity contribution in [2.45, 2.75) is 43.7 Å². The number of aromatic nitrogens is 2. The summed E-state index contributed by atoms with van der Waals surface area (Å²) in [5, 5.41) is 4.16. The number of benzene rings is 3. The van der Waals surface area contributed by atoms with Crippen LogP contribution in [0.1, 0.15) is 37.0 Å². The van der Waals surface area contributed by atoms with Crippen LogP contribution in [0, 0.1) is 12.7 Å². The zero-order valence-corrected chi connectivity index (χ0v) is 27.3. The van der Waals surface area contributed by atoms with Crippen LogP contribution in [0.3, 0.4) is 0 Å². The van der Waals surface area contributed by atoms with Gasteiger partial charge in [-0.25, -0.2) is 22.8 Å². The number of sulfonamides is 1. The fourth-order valence-corrected chi connectivity index (χ4v) is 7.50. The van der Waals surface area contributed by atoms with Crippen LogP contribution >= 0.6 is 11.6 Å². The number of nitrogens with one attached hydrogen (secondary N) is 2. The maximum atomic E-state index is 15.5. The van der Waals surface area contributed by atoms with Gasteiger partial charge in [-0.05, 0) is 87.4 Å². The first-order valence-electron chi connectivity index (χ1n) is 14.7. The second-order valence-corrected chi connectivity index (χ2v) is 13.6. The van der Waals surface area contributed by atoms with E-state index in [0.29, 0.717) is 39.3 Å². The molecule has 0 aliphatic carbocycles. The SMILES string of the molecule is COc1cc(-c2c(F)ccc(NS(=O)(=O)c3cc(Cl)cc4c3OCC4OC(C)=O)c2C)cc2cnc(NC3CCN(C)CC3)nc12. The van der Waals surface area contributed by atoms with Crippen LogP contribution in [0.4, 0.5) is 16.0 Å². The fourth-order valence-electron chi connectivity index (χ4n) is 5.89. The topological polar surface area (TPSA) is 132 Å². The summed E-state index contributed by atoms with van der Waals surface area (Å²) in [6.45, 7) is 4.79. The number of anilines is 2. The largest absolute Gasteiger partial charge is 0.494 e. The van der Waals surface area contributed by atoms with E-state index in [1.165, 1.54) is 38.3 Å². The van der Waals surface area contributed by atoms with Gasteiger partial charge in [0.1, 0.15) is 34.3 Å². The molecule has 14 heteroatoms. The van der Waals surface area contributed by atoms with Crippen molar-refractivity contribution in [3.63, 3.8) is 0 Å². The first kappa shape index (κ1) is 31.8. The molecule has 1 saturated heterocycles. The third kappa shape index (κ3) is 6.26. The molecule has 6 rings (SSSR count). The number of methoxy groups -OCH3 is 1. The number of halogens is 2. The van der Waals surface area contributed by atoms with E-state index in [-0.39, 0.29) is 39.6 Å². The Bertz CT molecular complexity index is 1950. The normalized spacial score (nSPS) is 17.0. The predicted molar refractivity (Wildman–Crippen MR) is 173 cm³/mol. The van der Waals surface area contributed by atoms with Crippen LogP contribution in [-0.4, -0.2) is 69.2 Å². The van der Waals surface area contributed by atoms with Gasteiger partial charge < -0.3 is 24.4 Å². The van der Waals surface area contributed by atoms with Crippen molar-refractivity contribution < 1.29 is 31.8 Å². The number of piperidine rings is 1. The second-order valence-electron chi connectivity index (χ2n) is 11.5. The molecule has 2 N–H and O–H groups in total. The lowest BCUT2D eigenvalue weighted by molar-refractivity contribution is -0.147. The first-order chi connectivity index (χ1) is 21.9. The highest BCUT2D eigenvalue weighted by atomic mass is 35.5. The van der Waals surface area contributed by atoms with E-state index < -0.39 is 27.9 Å². The molecule has 1 fully saturated rings. The predicted octanol–water partition coefficient (Wildman–Crippen LogP) is 5.71. The minimum atomic E-state index is -4.29. The van der Waals surface area contributed by atoms with E-state index >= 15 is 4.39 Å². The van der Waals surface area contributed by atoms with Gasteiger partial charge in [0.25, 0.3) is 10.0 Å². The molecule has 4 aromatic rings. The fraction of sp³-hybridized carbons (Fsp3) is 0.344. The Labute approximate surface area is 271 Å². The number of hydrogen-bond donors (Lipinski definition) is 2. The van der Waals surface area contributed by atoms with Crippen molar-refractivity contribution in [3.8, 4) is 22.6 Å². The van der Waals surface area contributed by atoms with E-state index in [1.807, 2.05) is 0 Å². The van der Waals surface area contributed by atoms with Gasteiger partial charge in [0.2, 0.25) is 5.95 Å². The van der Waals surface area contributed by atoms with E-state index in [9.17, 15) is 13.2 Å². The molecule has 0 saturated carbocycles. The van der Waals surface area contributed by atoms with Crippen molar-refractivity contribution in [3.05, 3.63) is 64.6 Å². The maximum Gasteiger partial charge on any atom is 0.303 e. The van der Waals surface area contributed by atoms with Crippen LogP contribution in [-0.2, 0) is 19.6 Å². The van der Waals surface area contributed by atoms with Crippen LogP contribution in [0.2, 0.25) is 5.02 Å². The number of rotatable bonds is 8. The molecule has 0 amide bonds. The van der Waals surface area contributed by atoms with Crippen LogP contribution in [0.15, 0.2) is 47.5 Å². The molecule has 3 heterocycles. The summed E-state index contributed by atoms with van der Waals surface area (Å²) < 4.78 is 62.0. The molecule has 0 radical (unpaired) electrons. The highest BCUT2D eigenvalue weighted by molar-refractivity contribution is 7.92. The van der Waals surface area contributed by atoms with Gasteiger partial charge in [-0.3, -0.25) is 9.52 Å². The Morgan fingerprint density at radius 2 is 1.93 bits per heavy atom. The summed E-state index contributed by atoms with van der Waals surface area (Å²) in [6.07, 6.45) is 2.82. The quantitative estimate of drug-likeness (QED) is 0.225. The molecule has 11 nitrogen and oxygen atoms in total. The summed E-state index contributed by atoms with van der Waals surface area (Å²) in [6, 6.07) is 8.97. The van der Waals surface area contributed by atoms with Gasteiger partial charge in [-0.1, -0.05) is 11.6 Å². The van der Waals surface area contributed by atoms with Gasteiger partial charge in [0.15, 0.2) is 6.10 Å². The van der Waals surface area contributed by atoms with Crippen LogP contribution in [0.5, 0.6) is 11.5 Å². The van der Waals surface area contributed by atoms with Crippen LogP contribution < -0.4 is 19.5 Å². The Morgan fingerprint density at radius 3 is 2.65 bits per heavy atom. The summed E-state index contributed by atoms with van der Waals surface area (Å²) in [5.41, 5.74) is 2.02. The highest BCUT2D eigenvalue weighted by Gasteiger charge is 2.34. The van der Waals surface area contributed by atoms with Gasteiger partial charge >= 0.3 is 5.97 Å². The molecule has 1 unspecified atom stereocenters. The van der Waals surface area contributed by atoms with Crippen molar-refractivity contribution >= 4 is 50.1 Å². The number of hydrogen-bond acceptors (Lipinski definition) is 10. The lowest BCUT2D eigenvalue weighted by atomic mass is 9.97. The summed E-state index contributed by atoms with van der Waals surface area (Å²) in [7, 11) is -0.681. The molecule has 46 heavy (non-hydrogen) atoms. The third-order valence-corrected chi connectivity index (χ3v) is 9.83. The smallest absolute Gasteiger partial charge is 0.303 e. The average Bonchev–Trinajstić information content (AvgIpc) is 3.40. The standard InChI is InChI=1S/C32H33ClFN5O6S/c1-17-25(38-46(41,42)28-14-21(33)13-23-27(45-18(2)40)16-44-31(23)28)6-5-24(34)29(17)19-11-20-15-35-32(37-30(20)26(12-19)43-4)36-22-7-9-39(3)10-8-22/h5-6,11-15,22,27,38H,7-10,16H2,1-4H3,(H,35,36,37). The Balaban J connectivity index is 1.33. The number of likely N-dealkylation sites (tertiary alicyclic amines) is 1. The summed E-state index contributed by atoms with van der Waals surface area (Å²) in [4.78, 5) is 22.8. The molecule has 3 aromatic carbocycles. The van der Waals surface area contributed by atoms with E-state index in [1.54, 1.807) is 25.3 Å². The van der Waals surface area contributed by atoms with Crippen molar-refractivity contribution in [2.24, 2.45) is 0 Å². The maximum absolute atomic E-state index is 15.5. The molecule has 0 spiro atoms. The molecular formula is C32H33ClFN5O6S. The Kier molecular flexibility index (Phi) is 8.66. The Hall–Kier alpha value is -4.20. The van der Waals surface area contributed by atoms with E-state index in [0.717, 1.165) is 25.9 Å². The van der Waals surface area contributed by atoms with Crippen molar-refractivity contribution in [2.75, 3.05) is 43.9 Å². The van der Waals surface area contributed by atoms with Gasteiger partial charge in [0, 0.05) is 40.7 Å². The van der Waals surface area contributed by atoms with Crippen LogP contribution in [0.25, 0.3) is 22.0 Å². The summed E-state index contributed by atoms with van der Waals surface area (Å²) in [5.74, 6) is -0.158. The number of esters is 1. The van der Waals surface area contributed by atoms with Crippen molar-refractivity contribution in [1.29, 1.82) is 0 Å². The lowest BCUT2D eigenvalue weighted by Crippen LogP contribution is -2.37. The average molecular weight is 670 g/mol.